The molecule has 0 saturated carbocycles. The summed E-state index contributed by atoms with van der Waals surface area (Å²) in [6.45, 7) is 9.42. The number of rotatable bonds is 7. The first-order chi connectivity index (χ1) is 8.28. The molecule has 1 heteroatoms. The minimum atomic E-state index is 0.0170. The highest BCUT2D eigenvalue weighted by molar-refractivity contribution is 7.67. The van der Waals surface area contributed by atoms with Gasteiger partial charge in [-0.2, -0.15) is 0 Å². The van der Waals surface area contributed by atoms with Gasteiger partial charge in [-0.1, -0.05) is 65.9 Å². The molecule has 0 bridgehead atoms. The first-order valence-corrected chi connectivity index (χ1v) is 8.59. The fourth-order valence-corrected chi connectivity index (χ4v) is 6.21. The fraction of sp³-hybridized carbons (Fsp3) is 0.625. The van der Waals surface area contributed by atoms with Crippen molar-refractivity contribution in [1.29, 1.82) is 0 Å². The van der Waals surface area contributed by atoms with E-state index in [-0.39, 0.29) is 7.92 Å². The third kappa shape index (κ3) is 3.81. The summed E-state index contributed by atoms with van der Waals surface area (Å²) in [5.41, 5.74) is 1.80. The van der Waals surface area contributed by atoms with E-state index in [4.69, 9.17) is 0 Å². The zero-order valence-corrected chi connectivity index (χ0v) is 12.7. The molecule has 0 radical (unpaired) electrons. The van der Waals surface area contributed by atoms with E-state index >= 15 is 0 Å². The third-order valence-electron chi connectivity index (χ3n) is 3.73. The molecule has 0 heterocycles. The lowest BCUT2D eigenvalue weighted by atomic mass is 10.2. The maximum Gasteiger partial charge on any atom is -0.0172 e. The quantitative estimate of drug-likeness (QED) is 0.585. The number of hydrogen-bond acceptors (Lipinski definition) is 0. The van der Waals surface area contributed by atoms with Gasteiger partial charge in [0.15, 0.2) is 0 Å². The van der Waals surface area contributed by atoms with Gasteiger partial charge in [0.2, 0.25) is 0 Å². The first kappa shape index (κ1) is 14.7. The van der Waals surface area contributed by atoms with Gasteiger partial charge in [-0.3, -0.25) is 0 Å². The van der Waals surface area contributed by atoms with Crippen LogP contribution in [0.4, 0.5) is 0 Å². The molecule has 0 nitrogen and oxygen atoms in total. The molecule has 96 valence electrons. The van der Waals surface area contributed by atoms with Gasteiger partial charge < -0.3 is 0 Å². The molecule has 0 aliphatic rings. The molecule has 1 aromatic carbocycles. The molecule has 17 heavy (non-hydrogen) atoms. The van der Waals surface area contributed by atoms with Crippen molar-refractivity contribution in [3.8, 4) is 0 Å². The maximum absolute atomic E-state index is 2.36. The molecule has 0 N–H and O–H groups in total. The van der Waals surface area contributed by atoms with E-state index < -0.39 is 0 Å². The maximum atomic E-state index is 2.36. The van der Waals surface area contributed by atoms with E-state index in [1.807, 2.05) is 0 Å². The van der Waals surface area contributed by atoms with E-state index in [2.05, 4.69) is 58.0 Å². The van der Waals surface area contributed by atoms with Crippen LogP contribution in [0.5, 0.6) is 0 Å². The van der Waals surface area contributed by atoms with Gasteiger partial charge in [0.1, 0.15) is 0 Å². The predicted molar refractivity (Wildman–Crippen MR) is 81.7 cm³/mol. The van der Waals surface area contributed by atoms with Crippen LogP contribution in [0.25, 0.3) is 0 Å². The molecular weight excluding hydrogens is 223 g/mol. The Morgan fingerprint density at radius 3 is 1.53 bits per heavy atom. The zero-order chi connectivity index (χ0) is 12.7. The highest BCUT2D eigenvalue weighted by atomic mass is 31.1. The highest BCUT2D eigenvalue weighted by Gasteiger charge is 2.25. The van der Waals surface area contributed by atoms with Crippen LogP contribution in [0.3, 0.4) is 0 Å². The summed E-state index contributed by atoms with van der Waals surface area (Å²) in [4.78, 5) is 0. The third-order valence-corrected chi connectivity index (χ3v) is 7.65. The van der Waals surface area contributed by atoms with Crippen molar-refractivity contribution in [3.63, 3.8) is 0 Å². The van der Waals surface area contributed by atoms with Crippen LogP contribution in [-0.4, -0.2) is 11.3 Å². The second-order valence-electron chi connectivity index (χ2n) is 4.68. The lowest BCUT2D eigenvalue weighted by Gasteiger charge is -2.33. The molecule has 0 aliphatic heterocycles. The minimum absolute atomic E-state index is 0.0170. The molecule has 0 spiro atoms. The van der Waals surface area contributed by atoms with E-state index in [1.165, 1.54) is 25.7 Å². The summed E-state index contributed by atoms with van der Waals surface area (Å²) < 4.78 is 0. The van der Waals surface area contributed by atoms with Crippen LogP contribution in [0, 0.1) is 0 Å². The van der Waals surface area contributed by atoms with Gasteiger partial charge in [-0.25, -0.2) is 0 Å². The molecule has 1 aromatic rings. The van der Waals surface area contributed by atoms with E-state index in [9.17, 15) is 0 Å². The molecular formula is C16H27P. The predicted octanol–water partition coefficient (Wildman–Crippen LogP) is 5.17. The molecule has 0 aliphatic carbocycles. The zero-order valence-electron chi connectivity index (χ0n) is 11.8. The summed E-state index contributed by atoms with van der Waals surface area (Å²) in [5, 5.41) is 1.62. The Morgan fingerprint density at radius 2 is 1.18 bits per heavy atom. The van der Waals surface area contributed by atoms with E-state index in [1.54, 1.807) is 5.30 Å². The second kappa shape index (κ2) is 7.88. The fourth-order valence-electron chi connectivity index (χ4n) is 2.68. The Balaban J connectivity index is 3.01. The van der Waals surface area contributed by atoms with Crippen molar-refractivity contribution >= 4 is 13.2 Å². The first-order valence-electron chi connectivity index (χ1n) is 7.11. The Morgan fingerprint density at radius 1 is 0.765 bits per heavy atom. The van der Waals surface area contributed by atoms with Crippen molar-refractivity contribution in [2.75, 3.05) is 0 Å². The molecule has 0 amide bonds. The van der Waals surface area contributed by atoms with Gasteiger partial charge in [-0.15, -0.1) is 0 Å². The summed E-state index contributed by atoms with van der Waals surface area (Å²) in [7, 11) is 0.0170. The molecule has 0 atom stereocenters. The number of hydrogen-bond donors (Lipinski definition) is 0. The lowest BCUT2D eigenvalue weighted by molar-refractivity contribution is 0.732. The smallest absolute Gasteiger partial charge is 0.0172 e. The van der Waals surface area contributed by atoms with Gasteiger partial charge in [-0.05, 0) is 42.3 Å². The lowest BCUT2D eigenvalue weighted by Crippen LogP contribution is -2.21. The van der Waals surface area contributed by atoms with Crippen molar-refractivity contribution in [2.45, 2.75) is 64.7 Å². The van der Waals surface area contributed by atoms with Crippen LogP contribution >= 0.6 is 7.92 Å². The van der Waals surface area contributed by atoms with Crippen molar-refractivity contribution in [3.05, 3.63) is 30.3 Å². The monoisotopic (exact) mass is 250 g/mol. The summed E-state index contributed by atoms with van der Waals surface area (Å²) in [5.74, 6) is 0. The Kier molecular flexibility index (Phi) is 6.82. The normalized spacial score (nSPS) is 11.7. The van der Waals surface area contributed by atoms with Gasteiger partial charge in [0.05, 0.1) is 0 Å². The van der Waals surface area contributed by atoms with Crippen molar-refractivity contribution < 1.29 is 0 Å². The summed E-state index contributed by atoms with van der Waals surface area (Å²) in [6.07, 6.45) is 5.31. The second-order valence-corrected chi connectivity index (χ2v) is 7.47. The van der Waals surface area contributed by atoms with Crippen molar-refractivity contribution in [1.82, 2.24) is 0 Å². The van der Waals surface area contributed by atoms with Crippen LogP contribution < -0.4 is 5.30 Å². The largest absolute Gasteiger partial charge is 0.0690 e. The van der Waals surface area contributed by atoms with Crippen LogP contribution in [0.15, 0.2) is 30.3 Å². The van der Waals surface area contributed by atoms with Crippen LogP contribution in [0.2, 0.25) is 0 Å². The van der Waals surface area contributed by atoms with E-state index in [0.717, 1.165) is 11.3 Å². The van der Waals surface area contributed by atoms with Crippen LogP contribution in [-0.2, 0) is 0 Å². The van der Waals surface area contributed by atoms with Crippen molar-refractivity contribution in [2.24, 2.45) is 0 Å². The SMILES string of the molecule is CCC(CC)P(c1ccccc1)C(CC)CC. The molecule has 0 fully saturated rings. The minimum Gasteiger partial charge on any atom is -0.0690 e. The Bertz CT molecular complexity index is 274. The van der Waals surface area contributed by atoms with Gasteiger partial charge >= 0.3 is 0 Å². The number of benzene rings is 1. The Hall–Kier alpha value is -0.350. The molecule has 0 aromatic heterocycles. The topological polar surface area (TPSA) is 0 Å². The van der Waals surface area contributed by atoms with E-state index in [0.29, 0.717) is 0 Å². The molecule has 0 saturated heterocycles. The van der Waals surface area contributed by atoms with Crippen LogP contribution in [0.1, 0.15) is 53.4 Å². The molecule has 0 unspecified atom stereocenters. The molecule has 1 rings (SSSR count). The Labute approximate surface area is 109 Å². The average molecular weight is 250 g/mol. The standard InChI is InChI=1S/C16H27P/c1-5-14(6-2)17(15(7-3)8-4)16-12-10-9-11-13-16/h9-15H,5-8H2,1-4H3. The summed E-state index contributed by atoms with van der Waals surface area (Å²) in [6, 6.07) is 11.2. The average Bonchev–Trinajstić information content (AvgIpc) is 2.40. The van der Waals surface area contributed by atoms with Gasteiger partial charge in [0, 0.05) is 0 Å². The van der Waals surface area contributed by atoms with Gasteiger partial charge in [0.25, 0.3) is 0 Å². The summed E-state index contributed by atoms with van der Waals surface area (Å²) >= 11 is 0. The highest BCUT2D eigenvalue weighted by Crippen LogP contribution is 2.50.